The van der Waals surface area contributed by atoms with Crippen molar-refractivity contribution in [3.63, 3.8) is 0 Å². The van der Waals surface area contributed by atoms with Crippen LogP contribution >= 0.6 is 0 Å². The van der Waals surface area contributed by atoms with Crippen LogP contribution in [0.4, 0.5) is 0 Å². The fourth-order valence-electron chi connectivity index (χ4n) is 2.19. The summed E-state index contributed by atoms with van der Waals surface area (Å²) in [6, 6.07) is 7.22. The van der Waals surface area contributed by atoms with Crippen LogP contribution in [-0.4, -0.2) is 30.6 Å². The lowest BCUT2D eigenvalue weighted by atomic mass is 10.1. The molecule has 0 spiro atoms. The maximum absolute atomic E-state index is 12.3. The number of hydrogen-bond acceptors (Lipinski definition) is 5. The molecule has 1 aromatic heterocycles. The summed E-state index contributed by atoms with van der Waals surface area (Å²) >= 11 is 0. The summed E-state index contributed by atoms with van der Waals surface area (Å²) < 4.78 is 10.5. The number of nitrogens with zero attached hydrogens (tertiary/aromatic N) is 1. The lowest BCUT2D eigenvalue weighted by Crippen LogP contribution is -2.25. The summed E-state index contributed by atoms with van der Waals surface area (Å²) in [5, 5.41) is 9.21. The number of nitrogens with one attached hydrogen (secondary N) is 2. The van der Waals surface area contributed by atoms with Crippen LogP contribution in [0.15, 0.2) is 28.8 Å². The standard InChI is InChI=1S/C17H21N3O4/c1-4-14-16(11(2)24-20-14)17(22)19-9-12-6-5-7-13(8-12)23-10-15(21)18-3/h5-8H,4,9-10H2,1-3H3,(H,18,21)(H,19,22). The van der Waals surface area contributed by atoms with Crippen molar-refractivity contribution in [1.29, 1.82) is 0 Å². The Balaban J connectivity index is 1.97. The molecule has 2 rings (SSSR count). The summed E-state index contributed by atoms with van der Waals surface area (Å²) in [6.45, 7) is 3.92. The van der Waals surface area contributed by atoms with Crippen LogP contribution in [0, 0.1) is 6.92 Å². The van der Waals surface area contributed by atoms with Crippen LogP contribution in [-0.2, 0) is 17.8 Å². The highest BCUT2D eigenvalue weighted by Gasteiger charge is 2.18. The lowest BCUT2D eigenvalue weighted by Gasteiger charge is -2.09. The summed E-state index contributed by atoms with van der Waals surface area (Å²) in [5.41, 5.74) is 2.00. The zero-order valence-corrected chi connectivity index (χ0v) is 14.0. The largest absolute Gasteiger partial charge is 0.484 e. The average Bonchev–Trinajstić information content (AvgIpc) is 2.98. The minimum Gasteiger partial charge on any atom is -0.484 e. The van der Waals surface area contributed by atoms with Crippen molar-refractivity contribution < 1.29 is 18.8 Å². The van der Waals surface area contributed by atoms with Gasteiger partial charge in [0, 0.05) is 13.6 Å². The Bertz CT molecular complexity index is 724. The van der Waals surface area contributed by atoms with Crippen LogP contribution in [0.3, 0.4) is 0 Å². The maximum Gasteiger partial charge on any atom is 0.257 e. The first kappa shape index (κ1) is 17.5. The van der Waals surface area contributed by atoms with Crippen molar-refractivity contribution in [2.45, 2.75) is 26.8 Å². The molecule has 0 saturated heterocycles. The van der Waals surface area contributed by atoms with Gasteiger partial charge in [-0.25, -0.2) is 0 Å². The van der Waals surface area contributed by atoms with Crippen molar-refractivity contribution in [2.24, 2.45) is 0 Å². The summed E-state index contributed by atoms with van der Waals surface area (Å²) in [4.78, 5) is 23.5. The van der Waals surface area contributed by atoms with E-state index in [0.29, 0.717) is 35.7 Å². The van der Waals surface area contributed by atoms with Crippen molar-refractivity contribution in [1.82, 2.24) is 15.8 Å². The maximum atomic E-state index is 12.3. The van der Waals surface area contributed by atoms with Gasteiger partial charge < -0.3 is 19.9 Å². The highest BCUT2D eigenvalue weighted by Crippen LogP contribution is 2.15. The van der Waals surface area contributed by atoms with Crippen LogP contribution in [0.2, 0.25) is 0 Å². The molecule has 2 aromatic rings. The number of carbonyl (C=O) groups excluding carboxylic acids is 2. The Morgan fingerprint density at radius 2 is 2.12 bits per heavy atom. The van der Waals surface area contributed by atoms with Crippen LogP contribution in [0.25, 0.3) is 0 Å². The van der Waals surface area contributed by atoms with Crippen molar-refractivity contribution in [2.75, 3.05) is 13.7 Å². The first-order valence-corrected chi connectivity index (χ1v) is 7.70. The predicted octanol–water partition coefficient (Wildman–Crippen LogP) is 1.60. The van der Waals surface area contributed by atoms with E-state index in [1.165, 1.54) is 0 Å². The minimum atomic E-state index is -0.220. The van der Waals surface area contributed by atoms with E-state index in [-0.39, 0.29) is 18.4 Å². The number of rotatable bonds is 7. The molecule has 128 valence electrons. The second kappa shape index (κ2) is 8.14. The van der Waals surface area contributed by atoms with Gasteiger partial charge in [-0.05, 0) is 31.0 Å². The van der Waals surface area contributed by atoms with Gasteiger partial charge in [-0.15, -0.1) is 0 Å². The van der Waals surface area contributed by atoms with Gasteiger partial charge in [0.2, 0.25) is 0 Å². The van der Waals surface area contributed by atoms with E-state index >= 15 is 0 Å². The molecule has 2 amide bonds. The summed E-state index contributed by atoms with van der Waals surface area (Å²) in [5.74, 6) is 0.652. The molecular weight excluding hydrogens is 310 g/mol. The van der Waals surface area contributed by atoms with Gasteiger partial charge in [-0.1, -0.05) is 24.2 Å². The first-order valence-electron chi connectivity index (χ1n) is 7.70. The molecule has 1 aromatic carbocycles. The van der Waals surface area contributed by atoms with E-state index in [2.05, 4.69) is 15.8 Å². The highest BCUT2D eigenvalue weighted by atomic mass is 16.5. The van der Waals surface area contributed by atoms with Gasteiger partial charge in [0.05, 0.1) is 5.69 Å². The van der Waals surface area contributed by atoms with Gasteiger partial charge >= 0.3 is 0 Å². The van der Waals surface area contributed by atoms with E-state index in [1.54, 1.807) is 26.1 Å². The highest BCUT2D eigenvalue weighted by molar-refractivity contribution is 5.96. The second-order valence-corrected chi connectivity index (χ2v) is 5.21. The molecule has 0 aliphatic rings. The molecule has 2 N–H and O–H groups in total. The van der Waals surface area contributed by atoms with Gasteiger partial charge in [0.1, 0.15) is 17.1 Å². The summed E-state index contributed by atoms with van der Waals surface area (Å²) in [6.07, 6.45) is 0.628. The third-order valence-corrected chi connectivity index (χ3v) is 3.50. The van der Waals surface area contributed by atoms with Gasteiger partial charge in [0.25, 0.3) is 11.8 Å². The van der Waals surface area contributed by atoms with Crippen molar-refractivity contribution in [3.05, 3.63) is 46.8 Å². The number of aromatic nitrogens is 1. The Hall–Kier alpha value is -2.83. The fourth-order valence-corrected chi connectivity index (χ4v) is 2.19. The van der Waals surface area contributed by atoms with Crippen molar-refractivity contribution >= 4 is 11.8 Å². The third kappa shape index (κ3) is 4.34. The molecule has 0 aliphatic heterocycles. The molecule has 1 heterocycles. The molecule has 0 unspecified atom stereocenters. The van der Waals surface area contributed by atoms with E-state index in [4.69, 9.17) is 9.26 Å². The number of ether oxygens (including phenoxy) is 1. The lowest BCUT2D eigenvalue weighted by molar-refractivity contribution is -0.122. The molecule has 0 fully saturated rings. The molecular formula is C17H21N3O4. The molecule has 0 aliphatic carbocycles. The quantitative estimate of drug-likeness (QED) is 0.804. The van der Waals surface area contributed by atoms with E-state index in [1.807, 2.05) is 19.1 Å². The van der Waals surface area contributed by atoms with Gasteiger partial charge in [-0.3, -0.25) is 9.59 Å². The zero-order chi connectivity index (χ0) is 17.5. The number of hydrogen-bond donors (Lipinski definition) is 2. The average molecular weight is 331 g/mol. The third-order valence-electron chi connectivity index (χ3n) is 3.50. The zero-order valence-electron chi connectivity index (χ0n) is 14.0. The van der Waals surface area contributed by atoms with Crippen LogP contribution < -0.4 is 15.4 Å². The van der Waals surface area contributed by atoms with Gasteiger partial charge in [-0.2, -0.15) is 0 Å². The topological polar surface area (TPSA) is 93.5 Å². The van der Waals surface area contributed by atoms with E-state index < -0.39 is 0 Å². The monoisotopic (exact) mass is 331 g/mol. The molecule has 0 saturated carbocycles. The molecule has 7 heteroatoms. The number of amides is 2. The first-order chi connectivity index (χ1) is 11.5. The minimum absolute atomic E-state index is 0.0495. The number of likely N-dealkylation sites (N-methyl/N-ethyl adjacent to an activating group) is 1. The van der Waals surface area contributed by atoms with Crippen LogP contribution in [0.5, 0.6) is 5.75 Å². The molecule has 7 nitrogen and oxygen atoms in total. The van der Waals surface area contributed by atoms with Gasteiger partial charge in [0.15, 0.2) is 6.61 Å². The molecule has 0 radical (unpaired) electrons. The summed E-state index contributed by atoms with van der Waals surface area (Å²) in [7, 11) is 1.55. The SMILES string of the molecule is CCc1noc(C)c1C(=O)NCc1cccc(OCC(=O)NC)c1. The molecule has 0 bridgehead atoms. The number of carbonyl (C=O) groups is 2. The van der Waals surface area contributed by atoms with E-state index in [0.717, 1.165) is 5.56 Å². The van der Waals surface area contributed by atoms with Crippen LogP contribution in [0.1, 0.15) is 34.3 Å². The normalized spacial score (nSPS) is 10.3. The van der Waals surface area contributed by atoms with Crippen molar-refractivity contribution in [3.8, 4) is 5.75 Å². The Labute approximate surface area is 140 Å². The molecule has 24 heavy (non-hydrogen) atoms. The Kier molecular flexibility index (Phi) is 5.95. The van der Waals surface area contributed by atoms with E-state index in [9.17, 15) is 9.59 Å². The number of aryl methyl sites for hydroxylation is 2. The smallest absolute Gasteiger partial charge is 0.257 e. The Morgan fingerprint density at radius 3 is 2.83 bits per heavy atom. The second-order valence-electron chi connectivity index (χ2n) is 5.21. The predicted molar refractivity (Wildman–Crippen MR) is 87.8 cm³/mol. The Morgan fingerprint density at radius 1 is 1.33 bits per heavy atom. The molecule has 0 atom stereocenters. The fraction of sp³-hybridized carbons (Fsp3) is 0.353. The number of benzene rings is 1.